The Morgan fingerprint density at radius 3 is 2.69 bits per heavy atom. The number of hydrogen-bond donors (Lipinski definition) is 4. The van der Waals surface area contributed by atoms with Crippen molar-refractivity contribution >= 4 is 34.6 Å². The highest BCUT2D eigenvalue weighted by atomic mass is 16.5. The number of nitrogens with one attached hydrogen (secondary N) is 4. The monoisotopic (exact) mass is 572 g/mol. The number of anilines is 1. The average molecular weight is 573 g/mol. The number of fused-ring (bicyclic) bond motifs is 5. The molecule has 12 nitrogen and oxygen atoms in total. The number of carbonyl (C=O) groups is 3. The second-order valence-electron chi connectivity index (χ2n) is 11.6. The van der Waals surface area contributed by atoms with E-state index in [0.717, 1.165) is 52.9 Å². The van der Waals surface area contributed by atoms with Crippen molar-refractivity contribution in [3.8, 4) is 0 Å². The Morgan fingerprint density at radius 2 is 1.86 bits per heavy atom. The normalized spacial score (nSPS) is 22.2. The smallest absolute Gasteiger partial charge is 0.319 e. The molecule has 5 heterocycles. The standard InChI is InChI=1S/C30H36N8O4/c39-27-26(33-29(41)37-9-7-30(8-10-37)23-3-1-2-4-25(23)32-28(40)34-30)17-20-5-6-24-21(18-31-35-24)22(20)19-38(27)12-11-36-13-15-42-16-14-36/h1-6,18,26H,7-17,19H2,(H,31,35)(H,33,41)(H2,32,34,40)/t26-/m1/s1. The van der Waals surface area contributed by atoms with Gasteiger partial charge in [-0.3, -0.25) is 14.8 Å². The number of nitrogens with zero attached hydrogens (tertiary/aromatic N) is 4. The molecule has 2 saturated heterocycles. The number of urea groups is 2. The molecule has 12 heteroatoms. The highest BCUT2D eigenvalue weighted by molar-refractivity contribution is 5.94. The van der Waals surface area contributed by atoms with Crippen LogP contribution in [0.2, 0.25) is 0 Å². The number of hydrogen-bond acceptors (Lipinski definition) is 6. The van der Waals surface area contributed by atoms with Gasteiger partial charge in [-0.25, -0.2) is 9.59 Å². The predicted molar refractivity (Wildman–Crippen MR) is 156 cm³/mol. The third kappa shape index (κ3) is 4.94. The van der Waals surface area contributed by atoms with Crippen LogP contribution in [0.1, 0.15) is 29.5 Å². The van der Waals surface area contributed by atoms with Gasteiger partial charge in [0.25, 0.3) is 0 Å². The van der Waals surface area contributed by atoms with Crippen LogP contribution in [0.4, 0.5) is 15.3 Å². The number of piperidine rings is 1. The Hall–Kier alpha value is -4.16. The molecule has 0 unspecified atom stereocenters. The van der Waals surface area contributed by atoms with Crippen molar-refractivity contribution in [2.45, 2.75) is 37.4 Å². The molecule has 1 aromatic heterocycles. The molecule has 0 aliphatic carbocycles. The summed E-state index contributed by atoms with van der Waals surface area (Å²) in [4.78, 5) is 46.0. The number of aromatic nitrogens is 2. The topological polar surface area (TPSA) is 135 Å². The number of H-pyrrole nitrogens is 1. The van der Waals surface area contributed by atoms with Gasteiger partial charge in [-0.05, 0) is 36.1 Å². The fraction of sp³-hybridized carbons (Fsp3) is 0.467. The molecule has 7 rings (SSSR count). The summed E-state index contributed by atoms with van der Waals surface area (Å²) in [5.41, 5.74) is 4.40. The fourth-order valence-electron chi connectivity index (χ4n) is 6.86. The zero-order valence-corrected chi connectivity index (χ0v) is 23.5. The molecule has 1 atom stereocenters. The third-order valence-corrected chi connectivity index (χ3v) is 9.25. The molecule has 4 aliphatic rings. The minimum Gasteiger partial charge on any atom is -0.379 e. The zero-order chi connectivity index (χ0) is 28.7. The lowest BCUT2D eigenvalue weighted by atomic mass is 9.79. The molecule has 4 N–H and O–H groups in total. The molecule has 4 aliphatic heterocycles. The first-order valence-corrected chi connectivity index (χ1v) is 14.8. The lowest BCUT2D eigenvalue weighted by Gasteiger charge is -2.45. The van der Waals surface area contributed by atoms with Gasteiger partial charge in [0.1, 0.15) is 6.04 Å². The van der Waals surface area contributed by atoms with E-state index in [1.54, 1.807) is 4.90 Å². The molecule has 3 aromatic rings. The predicted octanol–water partition coefficient (Wildman–Crippen LogP) is 1.98. The Balaban J connectivity index is 1.08. The number of carbonyl (C=O) groups excluding carboxylic acids is 3. The van der Waals surface area contributed by atoms with Gasteiger partial charge in [0.05, 0.1) is 30.5 Å². The van der Waals surface area contributed by atoms with E-state index in [9.17, 15) is 14.4 Å². The first-order valence-electron chi connectivity index (χ1n) is 14.8. The Morgan fingerprint density at radius 1 is 1.05 bits per heavy atom. The van der Waals surface area contributed by atoms with Crippen LogP contribution < -0.4 is 16.0 Å². The molecular weight excluding hydrogens is 536 g/mol. The van der Waals surface area contributed by atoms with Crippen LogP contribution >= 0.6 is 0 Å². The summed E-state index contributed by atoms with van der Waals surface area (Å²) in [5, 5.41) is 17.4. The molecule has 5 amide bonds. The van der Waals surface area contributed by atoms with Crippen LogP contribution in [0.5, 0.6) is 0 Å². The van der Waals surface area contributed by atoms with E-state index in [-0.39, 0.29) is 18.0 Å². The van der Waals surface area contributed by atoms with Gasteiger partial charge in [-0.1, -0.05) is 24.3 Å². The maximum absolute atomic E-state index is 14.0. The fourth-order valence-corrected chi connectivity index (χ4v) is 6.86. The second kappa shape index (κ2) is 10.9. The van der Waals surface area contributed by atoms with Gasteiger partial charge in [0.15, 0.2) is 0 Å². The second-order valence-corrected chi connectivity index (χ2v) is 11.6. The SMILES string of the molecule is O=C1Nc2ccccc2C2(CCN(C(=O)N[C@@H]3Cc4ccc5[nH]ncc5c4CN(CCN4CCOCC4)C3=O)CC2)N1. The lowest BCUT2D eigenvalue weighted by Crippen LogP contribution is -2.59. The maximum Gasteiger partial charge on any atom is 0.319 e. The first kappa shape index (κ1) is 26.7. The van der Waals surface area contributed by atoms with Crippen molar-refractivity contribution in [1.29, 1.82) is 0 Å². The van der Waals surface area contributed by atoms with Crippen molar-refractivity contribution in [3.63, 3.8) is 0 Å². The molecule has 2 fully saturated rings. The van der Waals surface area contributed by atoms with Crippen molar-refractivity contribution in [1.82, 2.24) is 35.5 Å². The number of ether oxygens (including phenoxy) is 1. The van der Waals surface area contributed by atoms with Crippen LogP contribution in [-0.2, 0) is 28.0 Å². The third-order valence-electron chi connectivity index (χ3n) is 9.25. The Bertz CT molecular complexity index is 1510. The number of amides is 5. The summed E-state index contributed by atoms with van der Waals surface area (Å²) in [6.07, 6.45) is 3.42. The number of morpholine rings is 1. The molecule has 0 saturated carbocycles. The number of rotatable bonds is 4. The van der Waals surface area contributed by atoms with Crippen LogP contribution in [0.3, 0.4) is 0 Å². The lowest BCUT2D eigenvalue weighted by molar-refractivity contribution is -0.133. The van der Waals surface area contributed by atoms with Crippen molar-refractivity contribution in [3.05, 3.63) is 59.3 Å². The number of likely N-dealkylation sites (tertiary alicyclic amines) is 1. The van der Waals surface area contributed by atoms with Crippen molar-refractivity contribution in [2.75, 3.05) is 57.8 Å². The van der Waals surface area contributed by atoms with Crippen molar-refractivity contribution in [2.24, 2.45) is 0 Å². The van der Waals surface area contributed by atoms with Gasteiger partial charge in [0, 0.05) is 68.9 Å². The van der Waals surface area contributed by atoms with Gasteiger partial charge in [-0.15, -0.1) is 0 Å². The number of para-hydroxylation sites is 1. The van der Waals surface area contributed by atoms with E-state index in [1.807, 2.05) is 47.5 Å². The van der Waals surface area contributed by atoms with E-state index in [0.29, 0.717) is 58.7 Å². The van der Waals surface area contributed by atoms with E-state index in [2.05, 4.69) is 31.0 Å². The van der Waals surface area contributed by atoms with Crippen LogP contribution in [0.15, 0.2) is 42.6 Å². The Kier molecular flexibility index (Phi) is 6.95. The molecule has 1 spiro atoms. The van der Waals surface area contributed by atoms with Gasteiger partial charge >= 0.3 is 12.1 Å². The molecule has 42 heavy (non-hydrogen) atoms. The largest absolute Gasteiger partial charge is 0.379 e. The maximum atomic E-state index is 14.0. The quantitative estimate of drug-likeness (QED) is 0.378. The minimum atomic E-state index is -0.678. The van der Waals surface area contributed by atoms with Gasteiger partial charge in [-0.2, -0.15) is 5.10 Å². The van der Waals surface area contributed by atoms with Crippen molar-refractivity contribution < 1.29 is 19.1 Å². The summed E-state index contributed by atoms with van der Waals surface area (Å²) >= 11 is 0. The highest BCUT2D eigenvalue weighted by Gasteiger charge is 2.43. The first-order chi connectivity index (χ1) is 20.5. The van der Waals surface area contributed by atoms with Crippen LogP contribution in [0, 0.1) is 0 Å². The van der Waals surface area contributed by atoms with E-state index < -0.39 is 11.6 Å². The van der Waals surface area contributed by atoms with Gasteiger partial charge < -0.3 is 30.5 Å². The van der Waals surface area contributed by atoms with Crippen LogP contribution in [-0.4, -0.2) is 101 Å². The van der Waals surface area contributed by atoms with E-state index in [1.165, 1.54) is 0 Å². The Labute approximate surface area is 243 Å². The molecule has 0 radical (unpaired) electrons. The van der Waals surface area contributed by atoms with Gasteiger partial charge in [0.2, 0.25) is 5.91 Å². The number of benzene rings is 2. The highest BCUT2D eigenvalue weighted by Crippen LogP contribution is 2.39. The summed E-state index contributed by atoms with van der Waals surface area (Å²) in [6, 6.07) is 10.7. The summed E-state index contributed by atoms with van der Waals surface area (Å²) < 4.78 is 5.49. The minimum absolute atomic E-state index is 0.0718. The molecule has 220 valence electrons. The van der Waals surface area contributed by atoms with Crippen LogP contribution in [0.25, 0.3) is 10.9 Å². The zero-order valence-electron chi connectivity index (χ0n) is 23.5. The molecular formula is C30H36N8O4. The molecule has 2 aromatic carbocycles. The van der Waals surface area contributed by atoms with E-state index in [4.69, 9.17) is 4.74 Å². The van der Waals surface area contributed by atoms with E-state index >= 15 is 0 Å². The summed E-state index contributed by atoms with van der Waals surface area (Å²) in [7, 11) is 0. The summed E-state index contributed by atoms with van der Waals surface area (Å²) in [6.45, 7) is 5.83. The summed E-state index contributed by atoms with van der Waals surface area (Å²) in [5.74, 6) is -0.0718. The molecule has 0 bridgehead atoms. The number of aromatic amines is 1. The average Bonchev–Trinajstić information content (AvgIpc) is 3.44.